The van der Waals surface area contributed by atoms with Gasteiger partial charge in [-0.15, -0.1) is 0 Å². The SMILES string of the molecule is Cc1ccc(/C=C/c2nc(=S)n(CN3CCCN(S(=O)(=O)c4ccc(F)cc4)CC3)[nH]2)o1. The number of nitrogens with zero attached hydrogens (tertiary/aromatic N) is 4. The summed E-state index contributed by atoms with van der Waals surface area (Å²) in [6.07, 6.45) is 4.28. The smallest absolute Gasteiger partial charge is 0.243 e. The van der Waals surface area contributed by atoms with Crippen LogP contribution < -0.4 is 0 Å². The molecule has 0 atom stereocenters. The van der Waals surface area contributed by atoms with E-state index in [2.05, 4.69) is 15.0 Å². The van der Waals surface area contributed by atoms with Gasteiger partial charge in [0.2, 0.25) is 14.8 Å². The van der Waals surface area contributed by atoms with E-state index in [-0.39, 0.29) is 4.90 Å². The Bertz CT molecular complexity index is 1260. The summed E-state index contributed by atoms with van der Waals surface area (Å²) in [5.41, 5.74) is 0. The molecule has 1 saturated heterocycles. The van der Waals surface area contributed by atoms with E-state index in [1.54, 1.807) is 10.8 Å². The Kier molecular flexibility index (Phi) is 6.70. The minimum absolute atomic E-state index is 0.103. The van der Waals surface area contributed by atoms with Crippen LogP contribution in [-0.4, -0.2) is 58.6 Å². The first-order valence-corrected chi connectivity index (χ1v) is 12.1. The molecule has 0 bridgehead atoms. The third-order valence-corrected chi connectivity index (χ3v) is 7.43. The maximum atomic E-state index is 13.2. The zero-order valence-electron chi connectivity index (χ0n) is 17.6. The van der Waals surface area contributed by atoms with Crippen molar-refractivity contribution in [1.29, 1.82) is 0 Å². The van der Waals surface area contributed by atoms with Crippen molar-refractivity contribution >= 4 is 34.4 Å². The lowest BCUT2D eigenvalue weighted by atomic mass is 10.4. The van der Waals surface area contributed by atoms with Crippen molar-refractivity contribution in [2.45, 2.75) is 24.9 Å². The summed E-state index contributed by atoms with van der Waals surface area (Å²) in [4.78, 5) is 6.58. The Hall–Kier alpha value is -2.60. The van der Waals surface area contributed by atoms with Crippen molar-refractivity contribution in [2.75, 3.05) is 26.2 Å². The van der Waals surface area contributed by atoms with Gasteiger partial charge in [-0.3, -0.25) is 10.00 Å². The number of hydrogen-bond donors (Lipinski definition) is 1. The molecule has 0 unspecified atom stereocenters. The highest BCUT2D eigenvalue weighted by Gasteiger charge is 2.27. The maximum absolute atomic E-state index is 13.2. The molecule has 1 aliphatic rings. The lowest BCUT2D eigenvalue weighted by Crippen LogP contribution is -2.35. The molecule has 3 heterocycles. The number of nitrogens with one attached hydrogen (secondary N) is 1. The van der Waals surface area contributed by atoms with Crippen LogP contribution >= 0.6 is 12.2 Å². The summed E-state index contributed by atoms with van der Waals surface area (Å²) >= 11 is 5.37. The van der Waals surface area contributed by atoms with Crippen molar-refractivity contribution in [1.82, 2.24) is 24.0 Å². The van der Waals surface area contributed by atoms with Gasteiger partial charge in [0.15, 0.2) is 0 Å². The zero-order chi connectivity index (χ0) is 22.7. The summed E-state index contributed by atoms with van der Waals surface area (Å²) in [6, 6.07) is 8.69. The van der Waals surface area contributed by atoms with Gasteiger partial charge in [0.05, 0.1) is 11.6 Å². The first kappa shape index (κ1) is 22.6. The number of H-pyrrole nitrogens is 1. The second-order valence-corrected chi connectivity index (χ2v) is 9.88. The molecule has 4 rings (SSSR count). The highest BCUT2D eigenvalue weighted by molar-refractivity contribution is 7.89. The predicted octanol–water partition coefficient (Wildman–Crippen LogP) is 3.51. The average Bonchev–Trinajstić information content (AvgIpc) is 3.23. The first-order valence-electron chi connectivity index (χ1n) is 10.2. The summed E-state index contributed by atoms with van der Waals surface area (Å²) < 4.78 is 48.1. The Morgan fingerprint density at radius 2 is 1.91 bits per heavy atom. The maximum Gasteiger partial charge on any atom is 0.243 e. The van der Waals surface area contributed by atoms with Crippen molar-refractivity contribution in [3.8, 4) is 0 Å². The molecule has 0 radical (unpaired) electrons. The molecule has 0 saturated carbocycles. The second-order valence-electron chi connectivity index (χ2n) is 7.57. The lowest BCUT2D eigenvalue weighted by Gasteiger charge is -2.21. The molecule has 2 aromatic heterocycles. The Morgan fingerprint density at radius 1 is 1.12 bits per heavy atom. The number of aryl methyl sites for hydroxylation is 1. The third kappa shape index (κ3) is 5.23. The predicted molar refractivity (Wildman–Crippen MR) is 121 cm³/mol. The quantitative estimate of drug-likeness (QED) is 0.547. The fourth-order valence-electron chi connectivity index (χ4n) is 3.53. The molecule has 8 nitrogen and oxygen atoms in total. The van der Waals surface area contributed by atoms with Gasteiger partial charge >= 0.3 is 0 Å². The molecule has 0 spiro atoms. The molecule has 3 aromatic rings. The molecular formula is C21H24FN5O3S2. The number of rotatable bonds is 6. The van der Waals surface area contributed by atoms with Crippen LogP contribution in [-0.2, 0) is 16.7 Å². The minimum Gasteiger partial charge on any atom is -0.462 e. The Labute approximate surface area is 191 Å². The van der Waals surface area contributed by atoms with Gasteiger partial charge in [0.25, 0.3) is 0 Å². The number of furan rings is 1. The molecule has 170 valence electrons. The van der Waals surface area contributed by atoms with Crippen molar-refractivity contribution in [3.05, 3.63) is 64.3 Å². The highest BCUT2D eigenvalue weighted by atomic mass is 32.2. The first-order chi connectivity index (χ1) is 15.3. The summed E-state index contributed by atoms with van der Waals surface area (Å²) in [5, 5.41) is 3.16. The van der Waals surface area contributed by atoms with Crippen LogP contribution in [0.2, 0.25) is 0 Å². The van der Waals surface area contributed by atoms with E-state index in [0.29, 0.717) is 49.9 Å². The normalized spacial score (nSPS) is 16.6. The average molecular weight is 478 g/mol. The van der Waals surface area contributed by atoms with Crippen LogP contribution in [0.3, 0.4) is 0 Å². The van der Waals surface area contributed by atoms with E-state index in [4.69, 9.17) is 16.6 Å². The summed E-state index contributed by atoms with van der Waals surface area (Å²) in [7, 11) is -3.66. The molecule has 11 heteroatoms. The van der Waals surface area contributed by atoms with E-state index >= 15 is 0 Å². The Morgan fingerprint density at radius 3 is 2.62 bits per heavy atom. The summed E-state index contributed by atoms with van der Waals surface area (Å²) in [6.45, 7) is 4.36. The number of aromatic amines is 1. The van der Waals surface area contributed by atoms with Gasteiger partial charge < -0.3 is 4.42 Å². The molecule has 0 aliphatic carbocycles. The van der Waals surface area contributed by atoms with Crippen LogP contribution in [0.25, 0.3) is 12.2 Å². The topological polar surface area (TPSA) is 87.4 Å². The van der Waals surface area contributed by atoms with E-state index in [1.807, 2.05) is 25.1 Å². The lowest BCUT2D eigenvalue weighted by molar-refractivity contribution is 0.216. The minimum atomic E-state index is -3.66. The van der Waals surface area contributed by atoms with Crippen LogP contribution in [0.15, 0.2) is 45.7 Å². The molecule has 1 aromatic carbocycles. The van der Waals surface area contributed by atoms with Crippen LogP contribution in [0, 0.1) is 17.5 Å². The second kappa shape index (κ2) is 9.49. The molecule has 32 heavy (non-hydrogen) atoms. The van der Waals surface area contributed by atoms with E-state index in [1.165, 1.54) is 16.4 Å². The van der Waals surface area contributed by atoms with E-state index < -0.39 is 15.8 Å². The fraction of sp³-hybridized carbons (Fsp3) is 0.333. The number of halogens is 1. The largest absolute Gasteiger partial charge is 0.462 e. The van der Waals surface area contributed by atoms with Gasteiger partial charge in [-0.2, -0.15) is 9.29 Å². The van der Waals surface area contributed by atoms with Crippen LogP contribution in [0.1, 0.15) is 23.8 Å². The highest BCUT2D eigenvalue weighted by Crippen LogP contribution is 2.18. The van der Waals surface area contributed by atoms with Gasteiger partial charge in [0.1, 0.15) is 23.2 Å². The number of hydrogen-bond acceptors (Lipinski definition) is 6. The molecule has 1 N–H and O–H groups in total. The third-order valence-electron chi connectivity index (χ3n) is 5.20. The van der Waals surface area contributed by atoms with E-state index in [9.17, 15) is 12.8 Å². The standard InChI is InChI=1S/C21H24FN5O3S2/c1-16-3-6-18(30-16)7-10-20-23-21(31)27(24-20)15-25-11-2-12-26(14-13-25)32(28,29)19-8-4-17(22)5-9-19/h3-10H,2,11-15H2,1H3,(H,23,24,31)/b10-7+. The van der Waals surface area contributed by atoms with Crippen LogP contribution in [0.5, 0.6) is 0 Å². The molecule has 1 fully saturated rings. The molecule has 1 aliphatic heterocycles. The number of aromatic nitrogens is 3. The zero-order valence-corrected chi connectivity index (χ0v) is 19.2. The van der Waals surface area contributed by atoms with Gasteiger partial charge in [0, 0.05) is 26.2 Å². The summed E-state index contributed by atoms with van der Waals surface area (Å²) in [5.74, 6) is 1.71. The van der Waals surface area contributed by atoms with Gasteiger partial charge in [-0.05, 0) is 74.1 Å². The number of benzene rings is 1. The van der Waals surface area contributed by atoms with Crippen molar-refractivity contribution in [2.24, 2.45) is 0 Å². The van der Waals surface area contributed by atoms with E-state index in [0.717, 1.165) is 23.7 Å². The molecule has 0 amide bonds. The number of sulfonamides is 1. The van der Waals surface area contributed by atoms with Gasteiger partial charge in [-0.1, -0.05) is 0 Å². The van der Waals surface area contributed by atoms with Crippen molar-refractivity contribution in [3.63, 3.8) is 0 Å². The fourth-order valence-corrected chi connectivity index (χ4v) is 5.20. The Balaban J connectivity index is 1.40. The monoisotopic (exact) mass is 477 g/mol. The van der Waals surface area contributed by atoms with Gasteiger partial charge in [-0.25, -0.2) is 17.5 Å². The van der Waals surface area contributed by atoms with Crippen molar-refractivity contribution < 1.29 is 17.2 Å². The van der Waals surface area contributed by atoms with Crippen LogP contribution in [0.4, 0.5) is 4.39 Å². The molecular weight excluding hydrogens is 453 g/mol.